The molecule has 1 saturated heterocycles. The number of anilines is 1. The van der Waals surface area contributed by atoms with Gasteiger partial charge in [-0.15, -0.1) is 0 Å². The van der Waals surface area contributed by atoms with Gasteiger partial charge in [0.1, 0.15) is 11.0 Å². The highest BCUT2D eigenvalue weighted by atomic mass is 35.5. The molecule has 104 valence electrons. The number of hydrogen-bond acceptors (Lipinski definition) is 4. The Morgan fingerprint density at radius 1 is 1.21 bits per heavy atom. The van der Waals surface area contributed by atoms with Gasteiger partial charge in [0.25, 0.3) is 0 Å². The van der Waals surface area contributed by atoms with Crippen LogP contribution in [0.2, 0.25) is 5.15 Å². The van der Waals surface area contributed by atoms with Crippen molar-refractivity contribution < 1.29 is 0 Å². The third-order valence-corrected chi connectivity index (χ3v) is 5.12. The Morgan fingerprint density at radius 2 is 2.00 bits per heavy atom. The van der Waals surface area contributed by atoms with Gasteiger partial charge in [0, 0.05) is 18.7 Å². The van der Waals surface area contributed by atoms with E-state index < -0.39 is 0 Å². The molecule has 1 aliphatic carbocycles. The fraction of sp³-hybridized carbons (Fsp3) is 0.714. The van der Waals surface area contributed by atoms with E-state index in [1.54, 1.807) is 11.8 Å². The van der Waals surface area contributed by atoms with Crippen molar-refractivity contribution in [3.63, 3.8) is 0 Å². The average molecular weight is 298 g/mol. The van der Waals surface area contributed by atoms with E-state index in [2.05, 4.69) is 14.9 Å². The molecule has 2 atom stereocenters. The Hall–Kier alpha value is -0.480. The van der Waals surface area contributed by atoms with Crippen molar-refractivity contribution in [1.82, 2.24) is 9.97 Å². The van der Waals surface area contributed by atoms with Crippen LogP contribution in [0.25, 0.3) is 0 Å². The Labute approximate surface area is 124 Å². The maximum atomic E-state index is 6.13. The van der Waals surface area contributed by atoms with E-state index in [9.17, 15) is 0 Å². The van der Waals surface area contributed by atoms with E-state index in [0.29, 0.717) is 11.2 Å². The predicted molar refractivity (Wildman–Crippen MR) is 81.1 cm³/mol. The van der Waals surface area contributed by atoms with Crippen LogP contribution in [-0.2, 0) is 0 Å². The molecule has 5 heteroatoms. The number of halogens is 1. The molecule has 1 saturated carbocycles. The number of rotatable bonds is 2. The highest BCUT2D eigenvalue weighted by Gasteiger charge is 2.34. The second kappa shape index (κ2) is 5.88. The van der Waals surface area contributed by atoms with Crippen molar-refractivity contribution in [3.05, 3.63) is 11.2 Å². The SMILES string of the molecule is CSc1nc(Cl)cc(N2CCC[C@H]3CCCC[C@H]32)n1. The highest BCUT2D eigenvalue weighted by molar-refractivity contribution is 7.98. The van der Waals surface area contributed by atoms with Crippen molar-refractivity contribution in [3.8, 4) is 0 Å². The average Bonchev–Trinajstić information content (AvgIpc) is 2.46. The molecule has 0 radical (unpaired) electrons. The molecule has 3 nitrogen and oxygen atoms in total. The molecule has 0 amide bonds. The molecule has 2 aliphatic rings. The van der Waals surface area contributed by atoms with Gasteiger partial charge in [-0.25, -0.2) is 9.97 Å². The van der Waals surface area contributed by atoms with E-state index in [-0.39, 0.29) is 0 Å². The van der Waals surface area contributed by atoms with Crippen molar-refractivity contribution in [1.29, 1.82) is 0 Å². The summed E-state index contributed by atoms with van der Waals surface area (Å²) in [6, 6.07) is 2.60. The first kappa shape index (κ1) is 13.5. The second-order valence-corrected chi connectivity index (χ2v) is 6.64. The number of hydrogen-bond donors (Lipinski definition) is 0. The molecular weight excluding hydrogens is 278 g/mol. The summed E-state index contributed by atoms with van der Waals surface area (Å²) in [4.78, 5) is 11.4. The van der Waals surface area contributed by atoms with Gasteiger partial charge in [0.2, 0.25) is 0 Å². The summed E-state index contributed by atoms with van der Waals surface area (Å²) < 4.78 is 0. The first-order chi connectivity index (χ1) is 9.28. The number of aromatic nitrogens is 2. The maximum absolute atomic E-state index is 6.13. The van der Waals surface area contributed by atoms with Crippen molar-refractivity contribution in [2.75, 3.05) is 17.7 Å². The first-order valence-electron chi connectivity index (χ1n) is 7.13. The largest absolute Gasteiger partial charge is 0.353 e. The van der Waals surface area contributed by atoms with E-state index in [1.165, 1.54) is 38.5 Å². The van der Waals surface area contributed by atoms with Crippen LogP contribution in [0.3, 0.4) is 0 Å². The zero-order valence-corrected chi connectivity index (χ0v) is 12.9. The number of thioether (sulfide) groups is 1. The van der Waals surface area contributed by atoms with Gasteiger partial charge in [-0.2, -0.15) is 0 Å². The normalized spacial score (nSPS) is 27.2. The van der Waals surface area contributed by atoms with E-state index in [0.717, 1.165) is 23.4 Å². The minimum absolute atomic E-state index is 0.562. The Kier molecular flexibility index (Phi) is 4.18. The summed E-state index contributed by atoms with van der Waals surface area (Å²) in [5.41, 5.74) is 0. The summed E-state index contributed by atoms with van der Waals surface area (Å²) in [6.45, 7) is 1.11. The fourth-order valence-electron chi connectivity index (χ4n) is 3.53. The third-order valence-electron chi connectivity index (χ3n) is 4.38. The summed E-state index contributed by atoms with van der Waals surface area (Å²) >= 11 is 7.69. The molecule has 19 heavy (non-hydrogen) atoms. The van der Waals surface area contributed by atoms with Gasteiger partial charge in [-0.3, -0.25) is 0 Å². The zero-order chi connectivity index (χ0) is 13.2. The molecule has 2 fully saturated rings. The van der Waals surface area contributed by atoms with Crippen molar-refractivity contribution in [2.24, 2.45) is 5.92 Å². The molecule has 2 heterocycles. The van der Waals surface area contributed by atoms with Gasteiger partial charge in [-0.05, 0) is 37.9 Å². The lowest BCUT2D eigenvalue weighted by Crippen LogP contribution is -2.47. The predicted octanol–water partition coefficient (Wildman–Crippen LogP) is 4.01. The van der Waals surface area contributed by atoms with Gasteiger partial charge in [-0.1, -0.05) is 36.2 Å². The van der Waals surface area contributed by atoms with Crippen LogP contribution in [0, 0.1) is 5.92 Å². The molecule has 1 aliphatic heterocycles. The van der Waals surface area contributed by atoms with Crippen molar-refractivity contribution in [2.45, 2.75) is 49.7 Å². The summed E-state index contributed by atoms with van der Waals surface area (Å²) in [6.07, 6.45) is 10.1. The Morgan fingerprint density at radius 3 is 2.84 bits per heavy atom. The lowest BCUT2D eigenvalue weighted by Gasteiger charge is -2.44. The Balaban J connectivity index is 1.89. The second-order valence-electron chi connectivity index (χ2n) is 5.48. The van der Waals surface area contributed by atoms with Gasteiger partial charge in [0.05, 0.1) is 0 Å². The topological polar surface area (TPSA) is 29.0 Å². The minimum Gasteiger partial charge on any atom is -0.353 e. The molecule has 1 aromatic rings. The number of fused-ring (bicyclic) bond motifs is 1. The molecule has 0 bridgehead atoms. The van der Waals surface area contributed by atoms with Crippen LogP contribution < -0.4 is 4.90 Å². The maximum Gasteiger partial charge on any atom is 0.190 e. The van der Waals surface area contributed by atoms with Crippen LogP contribution >= 0.6 is 23.4 Å². The van der Waals surface area contributed by atoms with Crippen LogP contribution in [-0.4, -0.2) is 28.8 Å². The molecule has 0 aromatic carbocycles. The molecular formula is C14H20ClN3S. The zero-order valence-electron chi connectivity index (χ0n) is 11.3. The van der Waals surface area contributed by atoms with Crippen LogP contribution in [0.5, 0.6) is 0 Å². The molecule has 0 unspecified atom stereocenters. The van der Waals surface area contributed by atoms with E-state index in [4.69, 9.17) is 11.6 Å². The fourth-order valence-corrected chi connectivity index (χ4v) is 4.14. The van der Waals surface area contributed by atoms with E-state index >= 15 is 0 Å². The molecule has 0 spiro atoms. The summed E-state index contributed by atoms with van der Waals surface area (Å²) in [5.74, 6) is 1.88. The molecule has 3 rings (SSSR count). The lowest BCUT2D eigenvalue weighted by molar-refractivity contribution is 0.242. The van der Waals surface area contributed by atoms with Crippen molar-refractivity contribution >= 4 is 29.2 Å². The standard InChI is InChI=1S/C14H20ClN3S/c1-19-14-16-12(15)9-13(17-14)18-8-4-6-10-5-2-3-7-11(10)18/h9-11H,2-8H2,1H3/t10-,11-/m1/s1. The Bertz CT molecular complexity index is 452. The first-order valence-corrected chi connectivity index (χ1v) is 8.73. The lowest BCUT2D eigenvalue weighted by atomic mass is 9.78. The van der Waals surface area contributed by atoms with Gasteiger partial charge < -0.3 is 4.90 Å². The molecule has 1 aromatic heterocycles. The van der Waals surface area contributed by atoms with E-state index in [1.807, 2.05) is 12.3 Å². The number of nitrogens with zero attached hydrogens (tertiary/aromatic N) is 3. The van der Waals surface area contributed by atoms with Gasteiger partial charge in [0.15, 0.2) is 5.16 Å². The van der Waals surface area contributed by atoms with Crippen LogP contribution in [0.1, 0.15) is 38.5 Å². The quantitative estimate of drug-likeness (QED) is 0.468. The third kappa shape index (κ3) is 2.84. The smallest absolute Gasteiger partial charge is 0.190 e. The van der Waals surface area contributed by atoms with Crippen LogP contribution in [0.4, 0.5) is 5.82 Å². The number of piperidine rings is 1. The summed E-state index contributed by atoms with van der Waals surface area (Å²) in [5, 5.41) is 1.34. The summed E-state index contributed by atoms with van der Waals surface area (Å²) in [7, 11) is 0. The molecule has 0 N–H and O–H groups in total. The van der Waals surface area contributed by atoms with Gasteiger partial charge >= 0.3 is 0 Å². The highest BCUT2D eigenvalue weighted by Crippen LogP contribution is 2.37. The monoisotopic (exact) mass is 297 g/mol. The van der Waals surface area contributed by atoms with Crippen LogP contribution in [0.15, 0.2) is 11.2 Å². The minimum atomic E-state index is 0.562.